The van der Waals surface area contributed by atoms with Crippen molar-refractivity contribution < 1.29 is 19.0 Å². The van der Waals surface area contributed by atoms with Crippen LogP contribution in [0.15, 0.2) is 43.2 Å². The Bertz CT molecular complexity index is 321. The highest BCUT2D eigenvalue weighted by molar-refractivity contribution is 5.71. The molecule has 4 heteroatoms. The summed E-state index contributed by atoms with van der Waals surface area (Å²) in [7, 11) is 0. The van der Waals surface area contributed by atoms with Gasteiger partial charge in [0.25, 0.3) is 0 Å². The molecule has 0 aliphatic carbocycles. The van der Waals surface area contributed by atoms with E-state index in [1.165, 1.54) is 0 Å². The third kappa shape index (κ3) is 5.17. The molecule has 0 saturated carbocycles. The lowest BCUT2D eigenvalue weighted by Gasteiger charge is -2.05. The van der Waals surface area contributed by atoms with E-state index >= 15 is 0 Å². The smallest absolute Gasteiger partial charge is 0.336 e. The van der Waals surface area contributed by atoms with E-state index in [0.717, 1.165) is 12.0 Å². The monoisotopic (exact) mass is 222 g/mol. The van der Waals surface area contributed by atoms with Gasteiger partial charge in [0.05, 0.1) is 12.9 Å². The average molecular weight is 222 g/mol. The maximum Gasteiger partial charge on any atom is 0.336 e. The van der Waals surface area contributed by atoms with Crippen LogP contribution in [0.4, 0.5) is 0 Å². The first-order chi connectivity index (χ1) is 7.83. The summed E-state index contributed by atoms with van der Waals surface area (Å²) in [5, 5.41) is 0. The molecule has 0 spiro atoms. The van der Waals surface area contributed by atoms with Crippen LogP contribution >= 0.6 is 0 Å². The van der Waals surface area contributed by atoms with Gasteiger partial charge < -0.3 is 14.2 Å². The molecule has 16 heavy (non-hydrogen) atoms. The van der Waals surface area contributed by atoms with Crippen LogP contribution in [0.25, 0.3) is 0 Å². The van der Waals surface area contributed by atoms with E-state index in [0.29, 0.717) is 13.2 Å². The van der Waals surface area contributed by atoms with Crippen molar-refractivity contribution in [3.05, 3.63) is 43.2 Å². The van der Waals surface area contributed by atoms with Gasteiger partial charge in [-0.2, -0.15) is 0 Å². The Morgan fingerprint density at radius 2 is 2.00 bits per heavy atom. The van der Waals surface area contributed by atoms with E-state index in [-0.39, 0.29) is 6.61 Å². The minimum atomic E-state index is -0.463. The molecule has 0 saturated heterocycles. The van der Waals surface area contributed by atoms with Crippen molar-refractivity contribution in [1.82, 2.24) is 0 Å². The first-order valence-corrected chi connectivity index (χ1v) is 4.89. The minimum absolute atomic E-state index is 0.0931. The average Bonchev–Trinajstić information content (AvgIpc) is 2.30. The van der Waals surface area contributed by atoms with Crippen molar-refractivity contribution in [2.75, 3.05) is 19.8 Å². The fourth-order valence-corrected chi connectivity index (χ4v) is 1.02. The zero-order chi connectivity index (χ0) is 11.6. The summed E-state index contributed by atoms with van der Waals surface area (Å²) in [6.07, 6.45) is 1.08. The summed E-state index contributed by atoms with van der Waals surface area (Å²) >= 11 is 0. The highest BCUT2D eigenvalue weighted by atomic mass is 16.6. The Morgan fingerprint density at radius 3 is 2.69 bits per heavy atom. The first-order valence-electron chi connectivity index (χ1n) is 4.89. The Labute approximate surface area is 94.4 Å². The van der Waals surface area contributed by atoms with Gasteiger partial charge in [-0.3, -0.25) is 0 Å². The molecule has 0 amide bonds. The number of carbonyl (C=O) groups excluding carboxylic acids is 1. The number of hydrogen-bond acceptors (Lipinski definition) is 4. The molecule has 0 fully saturated rings. The molecule has 0 aliphatic heterocycles. The summed E-state index contributed by atoms with van der Waals surface area (Å²) in [5.74, 6) is 0.314. The van der Waals surface area contributed by atoms with Gasteiger partial charge in [0, 0.05) is 0 Å². The summed E-state index contributed by atoms with van der Waals surface area (Å²) in [5.41, 5.74) is 0. The molecule has 86 valence electrons. The van der Waals surface area contributed by atoms with Crippen LogP contribution in [-0.4, -0.2) is 25.8 Å². The molecule has 0 N–H and O–H groups in total. The number of rotatable bonds is 7. The molecule has 0 radical (unpaired) electrons. The third-order valence-electron chi connectivity index (χ3n) is 1.67. The molecular formula is C12H14O4. The van der Waals surface area contributed by atoms with Gasteiger partial charge in [-0.05, 0) is 12.1 Å². The molecule has 0 aromatic heterocycles. The second-order valence-electron chi connectivity index (χ2n) is 2.87. The Kier molecular flexibility index (Phi) is 5.73. The number of esters is 1. The molecular weight excluding hydrogens is 208 g/mol. The van der Waals surface area contributed by atoms with Crippen LogP contribution < -0.4 is 4.74 Å². The van der Waals surface area contributed by atoms with Gasteiger partial charge >= 0.3 is 5.97 Å². The topological polar surface area (TPSA) is 44.8 Å². The second kappa shape index (κ2) is 7.48. The lowest BCUT2D eigenvalue weighted by molar-refractivity contribution is -0.143. The number of para-hydroxylation sites is 1. The predicted molar refractivity (Wildman–Crippen MR) is 59.0 cm³/mol. The van der Waals surface area contributed by atoms with Crippen molar-refractivity contribution in [2.24, 2.45) is 0 Å². The minimum Gasteiger partial charge on any atom is -0.491 e. The van der Waals surface area contributed by atoms with Crippen molar-refractivity contribution >= 4 is 5.97 Å². The largest absolute Gasteiger partial charge is 0.491 e. The SMILES string of the molecule is C=COC(=O)COCCOc1ccccc1. The number of ether oxygens (including phenoxy) is 3. The second-order valence-corrected chi connectivity index (χ2v) is 2.87. The van der Waals surface area contributed by atoms with Crippen molar-refractivity contribution in [2.45, 2.75) is 0 Å². The summed E-state index contributed by atoms with van der Waals surface area (Å²) in [6, 6.07) is 9.39. The normalized spacial score (nSPS) is 9.50. The van der Waals surface area contributed by atoms with Gasteiger partial charge in [0.2, 0.25) is 0 Å². The van der Waals surface area contributed by atoms with Crippen LogP contribution in [0.2, 0.25) is 0 Å². The third-order valence-corrected chi connectivity index (χ3v) is 1.67. The van der Waals surface area contributed by atoms with Crippen LogP contribution in [0.3, 0.4) is 0 Å². The molecule has 0 unspecified atom stereocenters. The molecule has 0 bridgehead atoms. The zero-order valence-corrected chi connectivity index (χ0v) is 8.93. The van der Waals surface area contributed by atoms with Gasteiger partial charge in [-0.15, -0.1) is 0 Å². The fraction of sp³-hybridized carbons (Fsp3) is 0.250. The summed E-state index contributed by atoms with van der Waals surface area (Å²) < 4.78 is 14.8. The number of benzene rings is 1. The molecule has 4 nitrogen and oxygen atoms in total. The molecule has 0 atom stereocenters. The van der Waals surface area contributed by atoms with Crippen LogP contribution in [0, 0.1) is 0 Å². The van der Waals surface area contributed by atoms with Crippen LogP contribution in [0.1, 0.15) is 0 Å². The summed E-state index contributed by atoms with van der Waals surface area (Å²) in [4.78, 5) is 10.8. The Hall–Kier alpha value is -1.81. The zero-order valence-electron chi connectivity index (χ0n) is 8.93. The van der Waals surface area contributed by atoms with E-state index in [9.17, 15) is 4.79 Å². The van der Waals surface area contributed by atoms with Gasteiger partial charge in [-0.1, -0.05) is 24.8 Å². The lowest BCUT2D eigenvalue weighted by atomic mass is 10.3. The van der Waals surface area contributed by atoms with Gasteiger partial charge in [0.15, 0.2) is 0 Å². The maximum atomic E-state index is 10.8. The van der Waals surface area contributed by atoms with Gasteiger partial charge in [0.1, 0.15) is 19.0 Å². The molecule has 1 aromatic carbocycles. The Balaban J connectivity index is 2.04. The highest BCUT2D eigenvalue weighted by Crippen LogP contribution is 2.07. The summed E-state index contributed by atoms with van der Waals surface area (Å²) in [6.45, 7) is 3.90. The highest BCUT2D eigenvalue weighted by Gasteiger charge is 2.00. The molecule has 1 rings (SSSR count). The van der Waals surface area contributed by atoms with E-state index in [4.69, 9.17) is 9.47 Å². The van der Waals surface area contributed by atoms with E-state index in [1.54, 1.807) is 0 Å². The Morgan fingerprint density at radius 1 is 1.25 bits per heavy atom. The number of hydrogen-bond donors (Lipinski definition) is 0. The fourth-order valence-electron chi connectivity index (χ4n) is 1.02. The number of carbonyl (C=O) groups is 1. The molecule has 1 aromatic rings. The molecule has 0 heterocycles. The quantitative estimate of drug-likeness (QED) is 0.400. The van der Waals surface area contributed by atoms with Crippen LogP contribution in [0.5, 0.6) is 5.75 Å². The molecule has 0 aliphatic rings. The van der Waals surface area contributed by atoms with Crippen molar-refractivity contribution in [3.63, 3.8) is 0 Å². The standard InChI is InChI=1S/C12H14O4/c1-2-15-12(13)10-14-8-9-16-11-6-4-3-5-7-11/h2-7H,1,8-10H2. The van der Waals surface area contributed by atoms with E-state index in [2.05, 4.69) is 11.3 Å². The first kappa shape index (κ1) is 12.3. The van der Waals surface area contributed by atoms with E-state index < -0.39 is 5.97 Å². The predicted octanol–water partition coefficient (Wildman–Crippen LogP) is 1.77. The van der Waals surface area contributed by atoms with Crippen LogP contribution in [-0.2, 0) is 14.3 Å². The van der Waals surface area contributed by atoms with Crippen molar-refractivity contribution in [1.29, 1.82) is 0 Å². The van der Waals surface area contributed by atoms with Gasteiger partial charge in [-0.25, -0.2) is 4.79 Å². The maximum absolute atomic E-state index is 10.8. The van der Waals surface area contributed by atoms with E-state index in [1.807, 2.05) is 30.3 Å². The van der Waals surface area contributed by atoms with Crippen molar-refractivity contribution in [3.8, 4) is 5.75 Å². The lowest BCUT2D eigenvalue weighted by Crippen LogP contribution is -2.14.